The van der Waals surface area contributed by atoms with Gasteiger partial charge in [-0.1, -0.05) is 22.0 Å². The highest BCUT2D eigenvalue weighted by molar-refractivity contribution is 9.10. The van der Waals surface area contributed by atoms with Crippen LogP contribution in [-0.4, -0.2) is 23.6 Å². The Bertz CT molecular complexity index is 758. The predicted octanol–water partition coefficient (Wildman–Crippen LogP) is 3.78. The molecule has 0 bridgehead atoms. The quantitative estimate of drug-likeness (QED) is 0.830. The number of aromatic carboxylic acids is 1. The number of hydrogen-bond acceptors (Lipinski definition) is 3. The van der Waals surface area contributed by atoms with Crippen LogP contribution >= 0.6 is 15.9 Å². The van der Waals surface area contributed by atoms with Crippen LogP contribution in [0.3, 0.4) is 0 Å². The lowest BCUT2D eigenvalue weighted by Crippen LogP contribution is -2.21. The van der Waals surface area contributed by atoms with E-state index in [9.17, 15) is 9.59 Å². The van der Waals surface area contributed by atoms with E-state index in [1.165, 1.54) is 12.1 Å². The summed E-state index contributed by atoms with van der Waals surface area (Å²) in [4.78, 5) is 23.2. The first-order valence-electron chi connectivity index (χ1n) is 6.89. The van der Waals surface area contributed by atoms with E-state index in [0.717, 1.165) is 11.1 Å². The van der Waals surface area contributed by atoms with E-state index in [1.54, 1.807) is 12.1 Å². The van der Waals surface area contributed by atoms with Gasteiger partial charge in [0.05, 0.1) is 11.3 Å². The zero-order valence-corrected chi connectivity index (χ0v) is 14.3. The van der Waals surface area contributed by atoms with E-state index >= 15 is 0 Å². The van der Waals surface area contributed by atoms with Crippen LogP contribution in [0.15, 0.2) is 40.9 Å². The number of benzene rings is 2. The van der Waals surface area contributed by atoms with Crippen LogP contribution in [0.5, 0.6) is 5.75 Å². The molecule has 5 nitrogen and oxygen atoms in total. The Morgan fingerprint density at radius 1 is 1.13 bits per heavy atom. The van der Waals surface area contributed by atoms with Gasteiger partial charge in [0.1, 0.15) is 5.75 Å². The summed E-state index contributed by atoms with van der Waals surface area (Å²) in [5, 5.41) is 11.7. The Morgan fingerprint density at radius 2 is 1.87 bits per heavy atom. The number of amides is 1. The molecular formula is C17H16BrNO4. The fourth-order valence-electron chi connectivity index (χ4n) is 1.94. The Balaban J connectivity index is 2.02. The van der Waals surface area contributed by atoms with Gasteiger partial charge in [-0.3, -0.25) is 4.79 Å². The van der Waals surface area contributed by atoms with Crippen LogP contribution in [0, 0.1) is 13.8 Å². The number of ether oxygens (including phenoxy) is 1. The summed E-state index contributed by atoms with van der Waals surface area (Å²) in [5.74, 6) is -0.942. The number of nitrogens with one attached hydrogen (secondary N) is 1. The number of aryl methyl sites for hydroxylation is 2. The Labute approximate surface area is 142 Å². The second-order valence-corrected chi connectivity index (χ2v) is 5.99. The van der Waals surface area contributed by atoms with Crippen molar-refractivity contribution in [2.75, 3.05) is 11.9 Å². The zero-order chi connectivity index (χ0) is 17.0. The molecule has 120 valence electrons. The molecule has 0 aliphatic carbocycles. The Hall–Kier alpha value is -2.34. The van der Waals surface area contributed by atoms with Crippen LogP contribution < -0.4 is 10.1 Å². The number of rotatable bonds is 5. The molecule has 0 fully saturated rings. The summed E-state index contributed by atoms with van der Waals surface area (Å²) in [5.41, 5.74) is 2.46. The zero-order valence-electron chi connectivity index (χ0n) is 12.7. The molecule has 1 amide bonds. The van der Waals surface area contributed by atoms with Crippen LogP contribution in [-0.2, 0) is 4.79 Å². The lowest BCUT2D eigenvalue weighted by molar-refractivity contribution is -0.118. The maximum Gasteiger partial charge on any atom is 0.337 e. The number of carboxylic acids is 1. The van der Waals surface area contributed by atoms with Gasteiger partial charge in [0.2, 0.25) is 0 Å². The highest BCUT2D eigenvalue weighted by atomic mass is 79.9. The van der Waals surface area contributed by atoms with E-state index in [0.29, 0.717) is 10.2 Å². The molecule has 0 unspecified atom stereocenters. The van der Waals surface area contributed by atoms with Crippen molar-refractivity contribution in [3.8, 4) is 5.75 Å². The minimum absolute atomic E-state index is 0.0129. The number of carbonyl (C=O) groups excluding carboxylic acids is 1. The molecule has 23 heavy (non-hydrogen) atoms. The first-order chi connectivity index (χ1) is 10.9. The summed E-state index contributed by atoms with van der Waals surface area (Å²) in [7, 11) is 0. The second-order valence-electron chi connectivity index (χ2n) is 5.08. The molecule has 0 aliphatic heterocycles. The number of carbonyl (C=O) groups is 2. The molecule has 2 N–H and O–H groups in total. The third-order valence-corrected chi connectivity index (χ3v) is 3.83. The van der Waals surface area contributed by atoms with Crippen molar-refractivity contribution in [1.29, 1.82) is 0 Å². The molecule has 6 heteroatoms. The van der Waals surface area contributed by atoms with Gasteiger partial charge in [-0.2, -0.15) is 0 Å². The highest BCUT2D eigenvalue weighted by Gasteiger charge is 2.13. The van der Waals surface area contributed by atoms with Gasteiger partial charge in [0.25, 0.3) is 5.91 Å². The van der Waals surface area contributed by atoms with E-state index in [2.05, 4.69) is 21.2 Å². The summed E-state index contributed by atoms with van der Waals surface area (Å²) in [6, 6.07) is 10.2. The number of hydrogen-bond donors (Lipinski definition) is 2. The standard InChI is InChI=1S/C17H16BrNO4/c1-10-3-5-13(7-11(10)2)23-9-16(20)19-15-6-4-12(18)8-14(15)17(21)22/h3-8H,9H2,1-2H3,(H,19,20)(H,21,22). The van der Waals surface area contributed by atoms with Crippen molar-refractivity contribution >= 4 is 33.5 Å². The molecular weight excluding hydrogens is 362 g/mol. The third-order valence-electron chi connectivity index (χ3n) is 3.33. The number of anilines is 1. The molecule has 0 radical (unpaired) electrons. The molecule has 2 aromatic carbocycles. The largest absolute Gasteiger partial charge is 0.484 e. The fourth-order valence-corrected chi connectivity index (χ4v) is 2.30. The SMILES string of the molecule is Cc1ccc(OCC(=O)Nc2ccc(Br)cc2C(=O)O)cc1C. The van der Waals surface area contributed by atoms with Gasteiger partial charge in [0, 0.05) is 4.47 Å². The maximum absolute atomic E-state index is 12.0. The predicted molar refractivity (Wildman–Crippen MR) is 91.1 cm³/mol. The van der Waals surface area contributed by atoms with Gasteiger partial charge in [-0.15, -0.1) is 0 Å². The van der Waals surface area contributed by atoms with E-state index < -0.39 is 11.9 Å². The summed E-state index contributed by atoms with van der Waals surface area (Å²) >= 11 is 3.20. The molecule has 0 aliphatic rings. The van der Waals surface area contributed by atoms with Crippen LogP contribution in [0.2, 0.25) is 0 Å². The normalized spacial score (nSPS) is 10.2. The maximum atomic E-state index is 12.0. The van der Waals surface area contributed by atoms with Crippen molar-refractivity contribution in [2.45, 2.75) is 13.8 Å². The van der Waals surface area contributed by atoms with Gasteiger partial charge in [-0.05, 0) is 55.3 Å². The van der Waals surface area contributed by atoms with Crippen molar-refractivity contribution < 1.29 is 19.4 Å². The Kier molecular flexibility index (Phi) is 5.39. The van der Waals surface area contributed by atoms with Gasteiger partial charge in [0.15, 0.2) is 6.61 Å². The third kappa shape index (κ3) is 4.56. The highest BCUT2D eigenvalue weighted by Crippen LogP contribution is 2.21. The fraction of sp³-hybridized carbons (Fsp3) is 0.176. The van der Waals surface area contributed by atoms with Crippen molar-refractivity contribution in [3.63, 3.8) is 0 Å². The van der Waals surface area contributed by atoms with Crippen molar-refractivity contribution in [3.05, 3.63) is 57.6 Å². The molecule has 0 aromatic heterocycles. The second kappa shape index (κ2) is 7.28. The molecule has 0 spiro atoms. The average Bonchev–Trinajstić information content (AvgIpc) is 2.50. The van der Waals surface area contributed by atoms with Gasteiger partial charge in [-0.25, -0.2) is 4.79 Å². The van der Waals surface area contributed by atoms with E-state index in [1.807, 2.05) is 26.0 Å². The topological polar surface area (TPSA) is 75.6 Å². The van der Waals surface area contributed by atoms with Crippen LogP contribution in [0.4, 0.5) is 5.69 Å². The lowest BCUT2D eigenvalue weighted by atomic mass is 10.1. The molecule has 2 aromatic rings. The van der Waals surface area contributed by atoms with Gasteiger partial charge >= 0.3 is 5.97 Å². The minimum atomic E-state index is -1.11. The molecule has 0 atom stereocenters. The summed E-state index contributed by atoms with van der Waals surface area (Å²) in [6.45, 7) is 3.76. The number of halogens is 1. The molecule has 0 saturated carbocycles. The van der Waals surface area contributed by atoms with Gasteiger partial charge < -0.3 is 15.2 Å². The van der Waals surface area contributed by atoms with Crippen LogP contribution in [0.25, 0.3) is 0 Å². The first-order valence-corrected chi connectivity index (χ1v) is 7.69. The van der Waals surface area contributed by atoms with Crippen molar-refractivity contribution in [1.82, 2.24) is 0 Å². The smallest absolute Gasteiger partial charge is 0.337 e. The van der Waals surface area contributed by atoms with E-state index in [-0.39, 0.29) is 17.9 Å². The minimum Gasteiger partial charge on any atom is -0.484 e. The summed E-state index contributed by atoms with van der Waals surface area (Å²) < 4.78 is 6.06. The monoisotopic (exact) mass is 377 g/mol. The lowest BCUT2D eigenvalue weighted by Gasteiger charge is -2.11. The first kappa shape index (κ1) is 17.0. The van der Waals surface area contributed by atoms with Crippen molar-refractivity contribution in [2.24, 2.45) is 0 Å². The average molecular weight is 378 g/mol. The van der Waals surface area contributed by atoms with Crippen LogP contribution in [0.1, 0.15) is 21.5 Å². The molecule has 0 heterocycles. The molecule has 0 saturated heterocycles. The van der Waals surface area contributed by atoms with E-state index in [4.69, 9.17) is 9.84 Å². The molecule has 2 rings (SSSR count). The number of carboxylic acid groups (broad SMARTS) is 1. The Morgan fingerprint density at radius 3 is 2.52 bits per heavy atom. The summed E-state index contributed by atoms with van der Waals surface area (Å²) in [6.07, 6.45) is 0.